The lowest BCUT2D eigenvalue weighted by Crippen LogP contribution is -2.21. The predicted molar refractivity (Wildman–Crippen MR) is 76.0 cm³/mol. The van der Waals surface area contributed by atoms with Crippen molar-refractivity contribution in [3.05, 3.63) is 59.9 Å². The van der Waals surface area contributed by atoms with E-state index in [1.165, 1.54) is 0 Å². The molecule has 98 valence electrons. The average molecular weight is 255 g/mol. The minimum atomic E-state index is 0.00466. The molecule has 1 amide bonds. The Morgan fingerprint density at radius 2 is 2.11 bits per heavy atom. The molecule has 0 spiro atoms. The molecule has 0 atom stereocenters. The molecule has 1 N–H and O–H groups in total. The van der Waals surface area contributed by atoms with Gasteiger partial charge in [-0.05, 0) is 29.8 Å². The Kier molecular flexibility index (Phi) is 4.13. The molecule has 0 aliphatic heterocycles. The molecule has 2 aromatic rings. The maximum atomic E-state index is 11.9. The molecule has 4 nitrogen and oxygen atoms in total. The fourth-order valence-corrected chi connectivity index (χ4v) is 1.73. The van der Waals surface area contributed by atoms with Gasteiger partial charge < -0.3 is 10.2 Å². The van der Waals surface area contributed by atoms with Gasteiger partial charge in [0.15, 0.2) is 0 Å². The number of hydrogen-bond acceptors (Lipinski definition) is 3. The minimum Gasteiger partial charge on any atom is -0.381 e. The van der Waals surface area contributed by atoms with Crippen LogP contribution in [0, 0.1) is 0 Å². The molecule has 0 unspecified atom stereocenters. The van der Waals surface area contributed by atoms with E-state index in [1.807, 2.05) is 42.6 Å². The SMILES string of the molecule is CN(C)C(=O)c1cccc(NCc2cccnc2)c1. The van der Waals surface area contributed by atoms with Gasteiger partial charge in [-0.1, -0.05) is 12.1 Å². The third-order valence-corrected chi connectivity index (χ3v) is 2.74. The van der Waals surface area contributed by atoms with E-state index in [2.05, 4.69) is 10.3 Å². The van der Waals surface area contributed by atoms with Crippen molar-refractivity contribution in [2.45, 2.75) is 6.54 Å². The molecule has 0 saturated heterocycles. The molecule has 1 aromatic heterocycles. The van der Waals surface area contributed by atoms with Gasteiger partial charge in [0.2, 0.25) is 0 Å². The summed E-state index contributed by atoms with van der Waals surface area (Å²) in [4.78, 5) is 17.5. The average Bonchev–Trinajstić information content (AvgIpc) is 2.45. The Labute approximate surface area is 113 Å². The van der Waals surface area contributed by atoms with Gasteiger partial charge in [-0.15, -0.1) is 0 Å². The maximum absolute atomic E-state index is 11.9. The first-order valence-corrected chi connectivity index (χ1v) is 6.11. The number of pyridine rings is 1. The Bertz CT molecular complexity index is 552. The second-order valence-corrected chi connectivity index (χ2v) is 4.50. The summed E-state index contributed by atoms with van der Waals surface area (Å²) in [7, 11) is 3.50. The zero-order valence-corrected chi connectivity index (χ0v) is 11.1. The number of carbonyl (C=O) groups is 1. The van der Waals surface area contributed by atoms with E-state index >= 15 is 0 Å². The van der Waals surface area contributed by atoms with Crippen LogP contribution in [0.25, 0.3) is 0 Å². The van der Waals surface area contributed by atoms with E-state index in [4.69, 9.17) is 0 Å². The second kappa shape index (κ2) is 6.00. The summed E-state index contributed by atoms with van der Waals surface area (Å²) in [5.74, 6) is 0.00466. The van der Waals surface area contributed by atoms with Crippen molar-refractivity contribution in [1.82, 2.24) is 9.88 Å². The first kappa shape index (κ1) is 13.1. The lowest BCUT2D eigenvalue weighted by atomic mass is 10.1. The van der Waals surface area contributed by atoms with Crippen molar-refractivity contribution in [3.63, 3.8) is 0 Å². The van der Waals surface area contributed by atoms with E-state index in [1.54, 1.807) is 25.2 Å². The molecule has 0 radical (unpaired) electrons. The molecular weight excluding hydrogens is 238 g/mol. The smallest absolute Gasteiger partial charge is 0.253 e. The maximum Gasteiger partial charge on any atom is 0.253 e. The van der Waals surface area contributed by atoms with Crippen LogP contribution in [0.2, 0.25) is 0 Å². The molecule has 4 heteroatoms. The van der Waals surface area contributed by atoms with Gasteiger partial charge in [-0.3, -0.25) is 9.78 Å². The Balaban J connectivity index is 2.05. The Morgan fingerprint density at radius 3 is 2.79 bits per heavy atom. The van der Waals surface area contributed by atoms with Gasteiger partial charge in [-0.2, -0.15) is 0 Å². The van der Waals surface area contributed by atoms with E-state index in [-0.39, 0.29) is 5.91 Å². The number of rotatable bonds is 4. The number of nitrogens with zero attached hydrogens (tertiary/aromatic N) is 2. The van der Waals surface area contributed by atoms with Crippen LogP contribution in [0.1, 0.15) is 15.9 Å². The summed E-state index contributed by atoms with van der Waals surface area (Å²) in [6.45, 7) is 0.688. The molecule has 0 saturated carbocycles. The number of aromatic nitrogens is 1. The van der Waals surface area contributed by atoms with E-state index in [9.17, 15) is 4.79 Å². The molecule has 0 fully saturated rings. The summed E-state index contributed by atoms with van der Waals surface area (Å²) in [6.07, 6.45) is 3.57. The summed E-state index contributed by atoms with van der Waals surface area (Å²) < 4.78 is 0. The highest BCUT2D eigenvalue weighted by molar-refractivity contribution is 5.94. The molecule has 0 bridgehead atoms. The van der Waals surface area contributed by atoms with Crippen molar-refractivity contribution in [1.29, 1.82) is 0 Å². The van der Waals surface area contributed by atoms with Gasteiger partial charge >= 0.3 is 0 Å². The van der Waals surface area contributed by atoms with Gasteiger partial charge in [0.1, 0.15) is 0 Å². The van der Waals surface area contributed by atoms with Gasteiger partial charge in [-0.25, -0.2) is 0 Å². The molecule has 1 aromatic carbocycles. The van der Waals surface area contributed by atoms with Gasteiger partial charge in [0.05, 0.1) is 0 Å². The van der Waals surface area contributed by atoms with Crippen LogP contribution < -0.4 is 5.32 Å². The Hall–Kier alpha value is -2.36. The highest BCUT2D eigenvalue weighted by atomic mass is 16.2. The van der Waals surface area contributed by atoms with Gasteiger partial charge in [0, 0.05) is 44.3 Å². The molecule has 19 heavy (non-hydrogen) atoms. The topological polar surface area (TPSA) is 45.2 Å². The van der Waals surface area contributed by atoms with Crippen LogP contribution in [0.3, 0.4) is 0 Å². The van der Waals surface area contributed by atoms with Crippen LogP contribution in [-0.2, 0) is 6.54 Å². The number of benzene rings is 1. The summed E-state index contributed by atoms with van der Waals surface area (Å²) in [5, 5.41) is 3.28. The highest BCUT2D eigenvalue weighted by Gasteiger charge is 2.07. The zero-order valence-electron chi connectivity index (χ0n) is 11.1. The number of nitrogens with one attached hydrogen (secondary N) is 1. The van der Waals surface area contributed by atoms with Gasteiger partial charge in [0.25, 0.3) is 5.91 Å². The third kappa shape index (κ3) is 3.55. The largest absolute Gasteiger partial charge is 0.381 e. The summed E-state index contributed by atoms with van der Waals surface area (Å²) in [5.41, 5.74) is 2.71. The van der Waals surface area contributed by atoms with Crippen molar-refractivity contribution in [3.8, 4) is 0 Å². The summed E-state index contributed by atoms with van der Waals surface area (Å²) in [6, 6.07) is 11.4. The van der Waals surface area contributed by atoms with Crippen molar-refractivity contribution < 1.29 is 4.79 Å². The van der Waals surface area contributed by atoms with E-state index in [0.29, 0.717) is 12.1 Å². The number of anilines is 1. The standard InChI is InChI=1S/C15H17N3O/c1-18(2)15(19)13-6-3-7-14(9-13)17-11-12-5-4-8-16-10-12/h3-10,17H,11H2,1-2H3. The minimum absolute atomic E-state index is 0.00466. The third-order valence-electron chi connectivity index (χ3n) is 2.74. The molecule has 1 heterocycles. The number of amides is 1. The molecule has 0 aliphatic rings. The van der Waals surface area contributed by atoms with Crippen LogP contribution in [0.4, 0.5) is 5.69 Å². The van der Waals surface area contributed by atoms with Crippen molar-refractivity contribution in [2.24, 2.45) is 0 Å². The lowest BCUT2D eigenvalue weighted by molar-refractivity contribution is 0.0827. The molecule has 2 rings (SSSR count). The normalized spacial score (nSPS) is 10.0. The Morgan fingerprint density at radius 1 is 1.26 bits per heavy atom. The van der Waals surface area contributed by atoms with Crippen LogP contribution in [0.15, 0.2) is 48.8 Å². The highest BCUT2D eigenvalue weighted by Crippen LogP contribution is 2.13. The fraction of sp³-hybridized carbons (Fsp3) is 0.200. The second-order valence-electron chi connectivity index (χ2n) is 4.50. The zero-order chi connectivity index (χ0) is 13.7. The van der Waals surface area contributed by atoms with E-state index < -0.39 is 0 Å². The first-order chi connectivity index (χ1) is 9.16. The van der Waals surface area contributed by atoms with Crippen LogP contribution >= 0.6 is 0 Å². The monoisotopic (exact) mass is 255 g/mol. The number of hydrogen-bond donors (Lipinski definition) is 1. The lowest BCUT2D eigenvalue weighted by Gasteiger charge is -2.12. The fourth-order valence-electron chi connectivity index (χ4n) is 1.73. The molecule has 0 aliphatic carbocycles. The predicted octanol–water partition coefficient (Wildman–Crippen LogP) is 2.40. The molecular formula is C15H17N3O. The number of carbonyl (C=O) groups excluding carboxylic acids is 1. The van der Waals surface area contributed by atoms with E-state index in [0.717, 1.165) is 11.3 Å². The summed E-state index contributed by atoms with van der Waals surface area (Å²) >= 11 is 0. The first-order valence-electron chi connectivity index (χ1n) is 6.11. The van der Waals surface area contributed by atoms with Crippen LogP contribution in [-0.4, -0.2) is 29.9 Å². The van der Waals surface area contributed by atoms with Crippen molar-refractivity contribution >= 4 is 11.6 Å². The van der Waals surface area contributed by atoms with Crippen molar-refractivity contribution in [2.75, 3.05) is 19.4 Å². The quantitative estimate of drug-likeness (QED) is 0.912. The van der Waals surface area contributed by atoms with Crippen LogP contribution in [0.5, 0.6) is 0 Å².